The number of carbonyl (C=O) groups is 1. The first-order chi connectivity index (χ1) is 11.4. The molecule has 6 heteroatoms. The second kappa shape index (κ2) is 8.21. The van der Waals surface area contributed by atoms with Crippen LogP contribution < -0.4 is 5.32 Å². The molecule has 1 atom stereocenters. The summed E-state index contributed by atoms with van der Waals surface area (Å²) in [6, 6.07) is 5.74. The molecule has 0 aliphatic heterocycles. The Balaban J connectivity index is 3.40. The summed E-state index contributed by atoms with van der Waals surface area (Å²) in [5, 5.41) is 13.4. The van der Waals surface area contributed by atoms with Gasteiger partial charge in [-0.25, -0.2) is 0 Å². The number of hydrogen-bond acceptors (Lipinski definition) is 2. The Morgan fingerprint density at radius 2 is 1.56 bits per heavy atom. The van der Waals surface area contributed by atoms with E-state index in [0.717, 1.165) is 5.56 Å². The van der Waals surface area contributed by atoms with Crippen LogP contribution in [-0.4, -0.2) is 22.8 Å². The molecule has 1 rings (SSSR count). The predicted molar refractivity (Wildman–Crippen MR) is 92.0 cm³/mol. The van der Waals surface area contributed by atoms with E-state index in [2.05, 4.69) is 5.32 Å². The van der Waals surface area contributed by atoms with Crippen LogP contribution in [0.2, 0.25) is 0 Å². The fraction of sp³-hybridized carbons (Fsp3) is 0.632. The van der Waals surface area contributed by atoms with Gasteiger partial charge in [0.15, 0.2) is 0 Å². The summed E-state index contributed by atoms with van der Waals surface area (Å²) in [6.07, 6.45) is -4.44. The lowest BCUT2D eigenvalue weighted by Crippen LogP contribution is -2.51. The van der Waals surface area contributed by atoms with Crippen molar-refractivity contribution < 1.29 is 23.1 Å². The van der Waals surface area contributed by atoms with Crippen LogP contribution in [0.1, 0.15) is 57.7 Å². The number of amides is 1. The zero-order chi connectivity index (χ0) is 19.4. The fourth-order valence-corrected chi connectivity index (χ4v) is 3.36. The van der Waals surface area contributed by atoms with E-state index in [1.807, 2.05) is 27.7 Å². The van der Waals surface area contributed by atoms with E-state index >= 15 is 0 Å². The molecule has 25 heavy (non-hydrogen) atoms. The normalized spacial score (nSPS) is 14.0. The molecule has 0 aliphatic carbocycles. The van der Waals surface area contributed by atoms with E-state index in [9.17, 15) is 23.1 Å². The SMILES string of the molecule is Cc1ccccc1C(NC(=O)C(F)(F)F)C(O)(CC(C)C)CC(C)C. The average molecular weight is 359 g/mol. The number of aliphatic hydroxyl groups is 1. The summed E-state index contributed by atoms with van der Waals surface area (Å²) >= 11 is 0. The minimum Gasteiger partial charge on any atom is -0.387 e. The number of rotatable bonds is 7. The van der Waals surface area contributed by atoms with Gasteiger partial charge in [-0.3, -0.25) is 4.79 Å². The van der Waals surface area contributed by atoms with Gasteiger partial charge in [-0.05, 0) is 42.7 Å². The lowest BCUT2D eigenvalue weighted by molar-refractivity contribution is -0.177. The molecule has 0 saturated carbocycles. The van der Waals surface area contributed by atoms with E-state index in [1.54, 1.807) is 31.2 Å². The molecule has 0 saturated heterocycles. The summed E-state index contributed by atoms with van der Waals surface area (Å²) < 4.78 is 38.5. The molecular formula is C19H28F3NO2. The third-order valence-corrected chi connectivity index (χ3v) is 4.09. The third-order valence-electron chi connectivity index (χ3n) is 4.09. The van der Waals surface area contributed by atoms with Crippen LogP contribution in [0.4, 0.5) is 13.2 Å². The van der Waals surface area contributed by atoms with E-state index in [-0.39, 0.29) is 24.7 Å². The molecule has 0 bridgehead atoms. The van der Waals surface area contributed by atoms with Crippen LogP contribution >= 0.6 is 0 Å². The minimum absolute atomic E-state index is 0.0538. The molecule has 0 spiro atoms. The van der Waals surface area contributed by atoms with Crippen LogP contribution in [0.15, 0.2) is 24.3 Å². The van der Waals surface area contributed by atoms with E-state index in [4.69, 9.17) is 0 Å². The van der Waals surface area contributed by atoms with E-state index < -0.39 is 23.7 Å². The first-order valence-electron chi connectivity index (χ1n) is 8.52. The second-order valence-corrected chi connectivity index (χ2v) is 7.56. The monoisotopic (exact) mass is 359 g/mol. The molecule has 1 aromatic carbocycles. The number of benzene rings is 1. The van der Waals surface area contributed by atoms with Crippen molar-refractivity contribution in [2.45, 2.75) is 65.3 Å². The van der Waals surface area contributed by atoms with Gasteiger partial charge in [0.25, 0.3) is 0 Å². The summed E-state index contributed by atoms with van der Waals surface area (Å²) in [7, 11) is 0. The highest BCUT2D eigenvalue weighted by Gasteiger charge is 2.46. The van der Waals surface area contributed by atoms with Crippen molar-refractivity contribution in [3.63, 3.8) is 0 Å². The second-order valence-electron chi connectivity index (χ2n) is 7.56. The third kappa shape index (κ3) is 6.03. The number of alkyl halides is 3. The topological polar surface area (TPSA) is 49.3 Å². The smallest absolute Gasteiger partial charge is 0.387 e. The quantitative estimate of drug-likeness (QED) is 0.751. The van der Waals surface area contributed by atoms with Gasteiger partial charge in [0.2, 0.25) is 0 Å². The Bertz CT molecular complexity index is 572. The Morgan fingerprint density at radius 3 is 1.96 bits per heavy atom. The Kier molecular flexibility index (Phi) is 7.06. The predicted octanol–water partition coefficient (Wildman–Crippen LogP) is 4.54. The maximum Gasteiger partial charge on any atom is 0.471 e. The highest BCUT2D eigenvalue weighted by Crippen LogP contribution is 2.38. The van der Waals surface area contributed by atoms with Crippen molar-refractivity contribution in [1.29, 1.82) is 0 Å². The molecule has 1 unspecified atom stereocenters. The molecule has 2 N–H and O–H groups in total. The van der Waals surface area contributed by atoms with Crippen LogP contribution in [0.5, 0.6) is 0 Å². The van der Waals surface area contributed by atoms with Crippen molar-refractivity contribution in [2.75, 3.05) is 0 Å². The van der Waals surface area contributed by atoms with Gasteiger partial charge in [-0.1, -0.05) is 52.0 Å². The van der Waals surface area contributed by atoms with Gasteiger partial charge in [0, 0.05) is 0 Å². The highest BCUT2D eigenvalue weighted by atomic mass is 19.4. The first kappa shape index (κ1) is 21.5. The number of hydrogen-bond donors (Lipinski definition) is 2. The minimum atomic E-state index is -5.00. The summed E-state index contributed by atoms with van der Waals surface area (Å²) in [5.74, 6) is -1.93. The van der Waals surface area contributed by atoms with Gasteiger partial charge in [0.1, 0.15) is 0 Å². The van der Waals surface area contributed by atoms with Crippen LogP contribution in [-0.2, 0) is 4.79 Å². The van der Waals surface area contributed by atoms with Crippen molar-refractivity contribution in [3.8, 4) is 0 Å². The molecule has 0 aliphatic rings. The molecule has 142 valence electrons. The number of nitrogens with one attached hydrogen (secondary N) is 1. The number of halogens is 3. The number of carbonyl (C=O) groups excluding carboxylic acids is 1. The average Bonchev–Trinajstić information content (AvgIpc) is 2.42. The Labute approximate surface area is 147 Å². The van der Waals surface area contributed by atoms with Crippen LogP contribution in [0.3, 0.4) is 0 Å². The summed E-state index contributed by atoms with van der Waals surface area (Å²) in [5.41, 5.74) is -0.250. The van der Waals surface area contributed by atoms with Crippen LogP contribution in [0.25, 0.3) is 0 Å². The van der Waals surface area contributed by atoms with Gasteiger partial charge in [-0.15, -0.1) is 0 Å². The Morgan fingerprint density at radius 1 is 1.08 bits per heavy atom. The summed E-state index contributed by atoms with van der Waals surface area (Å²) in [6.45, 7) is 9.34. The van der Waals surface area contributed by atoms with Gasteiger partial charge < -0.3 is 10.4 Å². The lowest BCUT2D eigenvalue weighted by atomic mass is 9.76. The largest absolute Gasteiger partial charge is 0.471 e. The van der Waals surface area contributed by atoms with E-state index in [0.29, 0.717) is 5.56 Å². The molecule has 1 amide bonds. The molecule has 1 aromatic rings. The van der Waals surface area contributed by atoms with Crippen molar-refractivity contribution in [2.24, 2.45) is 11.8 Å². The molecule has 0 aromatic heterocycles. The fourth-order valence-electron chi connectivity index (χ4n) is 3.36. The van der Waals surface area contributed by atoms with Crippen molar-refractivity contribution in [1.82, 2.24) is 5.32 Å². The van der Waals surface area contributed by atoms with Crippen LogP contribution in [0, 0.1) is 18.8 Å². The van der Waals surface area contributed by atoms with Crippen molar-refractivity contribution in [3.05, 3.63) is 35.4 Å². The van der Waals surface area contributed by atoms with Gasteiger partial charge in [0.05, 0.1) is 11.6 Å². The summed E-state index contributed by atoms with van der Waals surface area (Å²) in [4.78, 5) is 11.6. The highest BCUT2D eigenvalue weighted by molar-refractivity contribution is 5.82. The zero-order valence-corrected chi connectivity index (χ0v) is 15.4. The first-order valence-corrected chi connectivity index (χ1v) is 8.52. The number of aryl methyl sites for hydroxylation is 1. The maximum atomic E-state index is 12.8. The standard InChI is InChI=1S/C19H28F3NO2/c1-12(2)10-18(25,11-13(3)4)16(23-17(24)19(20,21)22)15-9-7-6-8-14(15)5/h6-9,12-13,16,25H,10-11H2,1-5H3,(H,23,24). The molecule has 0 heterocycles. The molecule has 3 nitrogen and oxygen atoms in total. The maximum absolute atomic E-state index is 12.8. The Hall–Kier alpha value is -1.56. The lowest BCUT2D eigenvalue weighted by Gasteiger charge is -2.40. The molecule has 0 fully saturated rings. The molecular weight excluding hydrogens is 331 g/mol. The van der Waals surface area contributed by atoms with Gasteiger partial charge in [-0.2, -0.15) is 13.2 Å². The van der Waals surface area contributed by atoms with Gasteiger partial charge >= 0.3 is 12.1 Å². The molecule has 0 radical (unpaired) electrons. The van der Waals surface area contributed by atoms with Crippen molar-refractivity contribution >= 4 is 5.91 Å². The van der Waals surface area contributed by atoms with E-state index in [1.165, 1.54) is 0 Å². The zero-order valence-electron chi connectivity index (χ0n) is 15.4.